The van der Waals surface area contributed by atoms with Gasteiger partial charge < -0.3 is 14.2 Å². The van der Waals surface area contributed by atoms with E-state index in [1.807, 2.05) is 0 Å². The van der Waals surface area contributed by atoms with E-state index in [-0.39, 0.29) is 44.0 Å². The standard InChI is InChI=1S/C68H106O6/c1-4-7-10-13-16-19-22-25-28-31-32-33-34-35-36-38-40-43-46-49-52-55-58-61-67(70)73-64-65(63-72-66(69)60-57-54-51-48-45-42-39-30-27-24-21-18-15-12-9-6-3)74-68(71)62-59-56-53-50-47-44-41-37-29-26-23-20-17-14-11-8-5-2/h7-8,10-11,16-17,19-21,24-26,28-30,32-33,35-36,39-41,43-44,49,52,65H,4-6,9,12-15,18,22-23,27,31,34,37-38,42,45-48,50-51,53-64H2,1-3H3/b10-7-,11-8-,19-16-,20-17-,24-21-,28-25-,29-26-,33-32-,36-35-,39-30-,43-40-,44-41-,52-49-. The van der Waals surface area contributed by atoms with Gasteiger partial charge in [-0.1, -0.05) is 230 Å². The van der Waals surface area contributed by atoms with Crippen molar-refractivity contribution in [2.24, 2.45) is 0 Å². The van der Waals surface area contributed by atoms with Gasteiger partial charge in [0.25, 0.3) is 0 Å². The molecule has 0 aromatic rings. The predicted octanol–water partition coefficient (Wildman–Crippen LogP) is 20.1. The molecule has 1 unspecified atom stereocenters. The molecule has 74 heavy (non-hydrogen) atoms. The summed E-state index contributed by atoms with van der Waals surface area (Å²) in [5.41, 5.74) is 0. The minimum atomic E-state index is -0.829. The summed E-state index contributed by atoms with van der Waals surface area (Å²) in [6, 6.07) is 0. The second-order valence-corrected chi connectivity index (χ2v) is 18.8. The molecule has 0 heterocycles. The molecule has 0 aliphatic heterocycles. The fourth-order valence-electron chi connectivity index (χ4n) is 7.39. The van der Waals surface area contributed by atoms with Crippen molar-refractivity contribution in [2.75, 3.05) is 13.2 Å². The Kier molecular flexibility index (Phi) is 56.5. The van der Waals surface area contributed by atoms with Gasteiger partial charge in [-0.3, -0.25) is 14.4 Å². The lowest BCUT2D eigenvalue weighted by Gasteiger charge is -2.18. The fraction of sp³-hybridized carbons (Fsp3) is 0.574. The van der Waals surface area contributed by atoms with E-state index in [2.05, 4.69) is 179 Å². The molecule has 0 aromatic carbocycles. The van der Waals surface area contributed by atoms with Gasteiger partial charge in [-0.05, 0) is 141 Å². The number of rotatable bonds is 51. The van der Waals surface area contributed by atoms with Crippen LogP contribution in [-0.4, -0.2) is 37.2 Å². The molecule has 0 aliphatic carbocycles. The highest BCUT2D eigenvalue weighted by Crippen LogP contribution is 2.12. The molecule has 0 fully saturated rings. The molecule has 414 valence electrons. The van der Waals surface area contributed by atoms with Gasteiger partial charge in [0.2, 0.25) is 0 Å². The predicted molar refractivity (Wildman–Crippen MR) is 320 cm³/mol. The third kappa shape index (κ3) is 57.9. The topological polar surface area (TPSA) is 78.9 Å². The van der Waals surface area contributed by atoms with Crippen LogP contribution in [0.25, 0.3) is 0 Å². The quantitative estimate of drug-likeness (QED) is 0.0261. The Morgan fingerprint density at radius 3 is 0.878 bits per heavy atom. The lowest BCUT2D eigenvalue weighted by molar-refractivity contribution is -0.167. The average Bonchev–Trinajstić information content (AvgIpc) is 3.40. The molecule has 0 saturated heterocycles. The Hall–Kier alpha value is -4.97. The summed E-state index contributed by atoms with van der Waals surface area (Å²) in [5, 5.41) is 0. The van der Waals surface area contributed by atoms with Crippen LogP contribution < -0.4 is 0 Å². The van der Waals surface area contributed by atoms with Crippen molar-refractivity contribution in [1.82, 2.24) is 0 Å². The summed E-state index contributed by atoms with van der Waals surface area (Å²) in [4.78, 5) is 38.2. The van der Waals surface area contributed by atoms with Gasteiger partial charge in [0.05, 0.1) is 0 Å². The molecule has 0 amide bonds. The number of hydrogen-bond donors (Lipinski definition) is 0. The van der Waals surface area contributed by atoms with Crippen molar-refractivity contribution in [3.63, 3.8) is 0 Å². The number of carbonyl (C=O) groups excluding carboxylic acids is 3. The van der Waals surface area contributed by atoms with Gasteiger partial charge in [-0.15, -0.1) is 0 Å². The van der Waals surface area contributed by atoms with E-state index < -0.39 is 6.10 Å². The molecule has 0 aliphatic rings. The van der Waals surface area contributed by atoms with Crippen LogP contribution in [-0.2, 0) is 28.6 Å². The van der Waals surface area contributed by atoms with E-state index in [1.54, 1.807) is 0 Å². The van der Waals surface area contributed by atoms with Gasteiger partial charge in [-0.2, -0.15) is 0 Å². The van der Waals surface area contributed by atoms with Crippen LogP contribution in [0.3, 0.4) is 0 Å². The van der Waals surface area contributed by atoms with E-state index in [1.165, 1.54) is 32.1 Å². The van der Waals surface area contributed by atoms with E-state index in [4.69, 9.17) is 14.2 Å². The average molecular weight is 1020 g/mol. The molecule has 0 bridgehead atoms. The van der Waals surface area contributed by atoms with Crippen LogP contribution in [0, 0.1) is 0 Å². The maximum absolute atomic E-state index is 12.9. The number of allylic oxidation sites excluding steroid dienone is 26. The normalized spacial score (nSPS) is 13.3. The molecule has 1 atom stereocenters. The molecule has 0 N–H and O–H groups in total. The lowest BCUT2D eigenvalue weighted by Crippen LogP contribution is -2.30. The summed E-state index contributed by atoms with van der Waals surface area (Å²) >= 11 is 0. The third-order valence-corrected chi connectivity index (χ3v) is 11.7. The molecule has 0 rings (SSSR count). The summed E-state index contributed by atoms with van der Waals surface area (Å²) in [5.74, 6) is -1.03. The van der Waals surface area contributed by atoms with Crippen molar-refractivity contribution < 1.29 is 28.6 Å². The van der Waals surface area contributed by atoms with Gasteiger partial charge in [0, 0.05) is 19.3 Å². The number of esters is 3. The summed E-state index contributed by atoms with van der Waals surface area (Å²) in [7, 11) is 0. The minimum absolute atomic E-state index is 0.121. The van der Waals surface area contributed by atoms with E-state index >= 15 is 0 Å². The van der Waals surface area contributed by atoms with Gasteiger partial charge >= 0.3 is 17.9 Å². The smallest absolute Gasteiger partial charge is 0.306 e. The Labute approximate surface area is 454 Å². The zero-order chi connectivity index (χ0) is 53.6. The SMILES string of the molecule is CC/C=C\C/C=C\C/C=C\C/C=C\C/C=C\C/C=C\C/C=C\CCCC(=O)OCC(COC(=O)CCCCCCC/C=C\C/C=C\CCCCCC)OC(=O)CCCCCC/C=C\C/C=C\C/C=C\C/C=C\CC. The van der Waals surface area contributed by atoms with Crippen molar-refractivity contribution in [1.29, 1.82) is 0 Å². The Morgan fingerprint density at radius 2 is 0.541 bits per heavy atom. The maximum atomic E-state index is 12.9. The molecule has 6 heteroatoms. The van der Waals surface area contributed by atoms with Crippen LogP contribution in [0.1, 0.15) is 233 Å². The van der Waals surface area contributed by atoms with Crippen LogP contribution in [0.15, 0.2) is 158 Å². The second kappa shape index (κ2) is 60.6. The molecular weight excluding hydrogens is 913 g/mol. The first-order valence-electron chi connectivity index (χ1n) is 29.5. The molecule has 0 spiro atoms. The van der Waals surface area contributed by atoms with Crippen LogP contribution in [0.2, 0.25) is 0 Å². The number of hydrogen-bond acceptors (Lipinski definition) is 6. The second-order valence-electron chi connectivity index (χ2n) is 18.8. The molecule has 6 nitrogen and oxygen atoms in total. The minimum Gasteiger partial charge on any atom is -0.462 e. The zero-order valence-corrected chi connectivity index (χ0v) is 47.3. The summed E-state index contributed by atoms with van der Waals surface area (Å²) in [6.07, 6.45) is 88.1. The monoisotopic (exact) mass is 1020 g/mol. The van der Waals surface area contributed by atoms with E-state index in [0.29, 0.717) is 12.8 Å². The summed E-state index contributed by atoms with van der Waals surface area (Å²) < 4.78 is 16.8. The Morgan fingerprint density at radius 1 is 0.284 bits per heavy atom. The Bertz CT molecular complexity index is 1690. The first kappa shape index (κ1) is 69.0. The number of carbonyl (C=O) groups is 3. The first-order chi connectivity index (χ1) is 36.5. The highest BCUT2D eigenvalue weighted by atomic mass is 16.6. The zero-order valence-electron chi connectivity index (χ0n) is 47.3. The van der Waals surface area contributed by atoms with Crippen molar-refractivity contribution in [3.05, 3.63) is 158 Å². The molecular formula is C68H106O6. The van der Waals surface area contributed by atoms with Crippen molar-refractivity contribution in [3.8, 4) is 0 Å². The molecule has 0 aromatic heterocycles. The van der Waals surface area contributed by atoms with Crippen molar-refractivity contribution in [2.45, 2.75) is 239 Å². The van der Waals surface area contributed by atoms with Crippen LogP contribution in [0.5, 0.6) is 0 Å². The summed E-state index contributed by atoms with van der Waals surface area (Å²) in [6.45, 7) is 6.30. The molecule has 0 saturated carbocycles. The van der Waals surface area contributed by atoms with Gasteiger partial charge in [-0.25, -0.2) is 0 Å². The maximum Gasteiger partial charge on any atom is 0.306 e. The number of ether oxygens (including phenoxy) is 3. The lowest BCUT2D eigenvalue weighted by atomic mass is 10.1. The van der Waals surface area contributed by atoms with E-state index in [0.717, 1.165) is 154 Å². The fourth-order valence-corrected chi connectivity index (χ4v) is 7.39. The van der Waals surface area contributed by atoms with E-state index in [9.17, 15) is 14.4 Å². The van der Waals surface area contributed by atoms with Crippen LogP contribution in [0.4, 0.5) is 0 Å². The third-order valence-electron chi connectivity index (χ3n) is 11.7. The Balaban J connectivity index is 4.58. The highest BCUT2D eigenvalue weighted by molar-refractivity contribution is 5.71. The highest BCUT2D eigenvalue weighted by Gasteiger charge is 2.19. The van der Waals surface area contributed by atoms with Gasteiger partial charge in [0.15, 0.2) is 6.10 Å². The molecule has 0 radical (unpaired) electrons. The van der Waals surface area contributed by atoms with Crippen molar-refractivity contribution >= 4 is 17.9 Å². The first-order valence-corrected chi connectivity index (χ1v) is 29.5. The van der Waals surface area contributed by atoms with Crippen LogP contribution >= 0.6 is 0 Å². The van der Waals surface area contributed by atoms with Gasteiger partial charge in [0.1, 0.15) is 13.2 Å². The number of unbranched alkanes of at least 4 members (excludes halogenated alkanes) is 14. The largest absolute Gasteiger partial charge is 0.462 e.